The number of nitrogens with one attached hydrogen (secondary N) is 1. The molecule has 3 unspecified atom stereocenters. The fourth-order valence-corrected chi connectivity index (χ4v) is 3.48. The average Bonchev–Trinajstić information content (AvgIpc) is 3.23. The van der Waals surface area contributed by atoms with Crippen LogP contribution in [0.15, 0.2) is 18.5 Å². The van der Waals surface area contributed by atoms with E-state index in [9.17, 15) is 4.79 Å². The molecule has 2 aliphatic rings. The van der Waals surface area contributed by atoms with Gasteiger partial charge < -0.3 is 20.5 Å². The lowest BCUT2D eigenvalue weighted by Gasteiger charge is -2.42. The lowest BCUT2D eigenvalue weighted by atomic mass is 9.84. The van der Waals surface area contributed by atoms with Crippen LogP contribution >= 0.6 is 0 Å². The van der Waals surface area contributed by atoms with Crippen LogP contribution in [0.1, 0.15) is 58.6 Å². The summed E-state index contributed by atoms with van der Waals surface area (Å²) in [6.07, 6.45) is 5.57. The molecule has 1 aromatic heterocycles. The molecule has 1 amide bonds. The standard InChI is InChI=1S/C18H27N3O3/c1-11-14(21-16(22)24-17(2,3)4)9-15(23-18(11)6-7-18)12-5-8-20-10-13(12)19/h5,8,10-11,14-15H,6-7,9,19H2,1-4H3,(H,21,22). The molecule has 1 aliphatic heterocycles. The summed E-state index contributed by atoms with van der Waals surface area (Å²) >= 11 is 0. The van der Waals surface area contributed by atoms with Crippen molar-refractivity contribution in [3.63, 3.8) is 0 Å². The summed E-state index contributed by atoms with van der Waals surface area (Å²) in [5.74, 6) is 0.240. The minimum absolute atomic E-state index is 0.00587. The maximum atomic E-state index is 12.2. The van der Waals surface area contributed by atoms with Gasteiger partial charge in [0.15, 0.2) is 0 Å². The number of rotatable bonds is 2. The Morgan fingerprint density at radius 3 is 2.75 bits per heavy atom. The van der Waals surface area contributed by atoms with Gasteiger partial charge in [0.05, 0.1) is 23.6 Å². The number of carbonyl (C=O) groups excluding carboxylic acids is 1. The first-order valence-corrected chi connectivity index (χ1v) is 8.57. The third kappa shape index (κ3) is 3.48. The molecule has 1 spiro atoms. The number of carbonyl (C=O) groups is 1. The van der Waals surface area contributed by atoms with Gasteiger partial charge >= 0.3 is 6.09 Å². The SMILES string of the molecule is CC1C(NC(=O)OC(C)(C)C)CC(c2ccncc2N)OC12CC2. The highest BCUT2D eigenvalue weighted by molar-refractivity contribution is 5.68. The molecule has 24 heavy (non-hydrogen) atoms. The van der Waals surface area contributed by atoms with E-state index in [1.807, 2.05) is 26.8 Å². The van der Waals surface area contributed by atoms with E-state index in [4.69, 9.17) is 15.2 Å². The predicted molar refractivity (Wildman–Crippen MR) is 91.4 cm³/mol. The van der Waals surface area contributed by atoms with Crippen molar-refractivity contribution in [1.82, 2.24) is 10.3 Å². The Hall–Kier alpha value is -1.82. The van der Waals surface area contributed by atoms with Crippen LogP contribution in [0, 0.1) is 5.92 Å². The van der Waals surface area contributed by atoms with E-state index >= 15 is 0 Å². The molecule has 0 aromatic carbocycles. The maximum Gasteiger partial charge on any atom is 0.407 e. The Labute approximate surface area is 143 Å². The summed E-state index contributed by atoms with van der Waals surface area (Å²) in [7, 11) is 0. The van der Waals surface area contributed by atoms with Gasteiger partial charge in [-0.1, -0.05) is 6.92 Å². The van der Waals surface area contributed by atoms with Crippen molar-refractivity contribution < 1.29 is 14.3 Å². The number of pyridine rings is 1. The van der Waals surface area contributed by atoms with Crippen LogP contribution in [0.25, 0.3) is 0 Å². The van der Waals surface area contributed by atoms with Crippen LogP contribution in [-0.4, -0.2) is 28.3 Å². The first-order chi connectivity index (χ1) is 11.2. The quantitative estimate of drug-likeness (QED) is 0.868. The Morgan fingerprint density at radius 1 is 1.46 bits per heavy atom. The predicted octanol–water partition coefficient (Wildman–Crippen LogP) is 3.19. The highest BCUT2D eigenvalue weighted by Crippen LogP contribution is 2.55. The third-order valence-corrected chi connectivity index (χ3v) is 4.96. The topological polar surface area (TPSA) is 86.5 Å². The van der Waals surface area contributed by atoms with Crippen LogP contribution in [0.3, 0.4) is 0 Å². The summed E-state index contributed by atoms with van der Waals surface area (Å²) < 4.78 is 11.8. The molecule has 6 nitrogen and oxygen atoms in total. The van der Waals surface area contributed by atoms with Gasteiger partial charge in [0.1, 0.15) is 5.60 Å². The summed E-state index contributed by atoms with van der Waals surface area (Å²) in [6, 6.07) is 1.89. The van der Waals surface area contributed by atoms with Crippen molar-refractivity contribution in [2.24, 2.45) is 5.92 Å². The summed E-state index contributed by atoms with van der Waals surface area (Å²) in [4.78, 5) is 16.2. The number of aromatic nitrogens is 1. The zero-order valence-electron chi connectivity index (χ0n) is 14.8. The second-order valence-corrected chi connectivity index (χ2v) is 7.95. The summed E-state index contributed by atoms with van der Waals surface area (Å²) in [6.45, 7) is 7.73. The van der Waals surface area contributed by atoms with Crippen LogP contribution < -0.4 is 11.1 Å². The van der Waals surface area contributed by atoms with Crippen molar-refractivity contribution in [2.45, 2.75) is 70.3 Å². The van der Waals surface area contributed by atoms with Crippen LogP contribution in [0.2, 0.25) is 0 Å². The molecule has 1 saturated heterocycles. The van der Waals surface area contributed by atoms with Crippen molar-refractivity contribution in [3.8, 4) is 0 Å². The van der Waals surface area contributed by atoms with Gasteiger partial charge in [-0.05, 0) is 46.1 Å². The van der Waals surface area contributed by atoms with Gasteiger partial charge in [-0.25, -0.2) is 4.79 Å². The lowest BCUT2D eigenvalue weighted by Crippen LogP contribution is -2.51. The number of anilines is 1. The molecule has 1 aliphatic carbocycles. The molecule has 132 valence electrons. The highest BCUT2D eigenvalue weighted by Gasteiger charge is 2.56. The zero-order valence-corrected chi connectivity index (χ0v) is 14.8. The molecule has 0 bridgehead atoms. The Bertz CT molecular complexity index is 622. The summed E-state index contributed by atoms with van der Waals surface area (Å²) in [5.41, 5.74) is 6.98. The number of nitrogen functional groups attached to an aromatic ring is 1. The molecule has 3 atom stereocenters. The zero-order chi connectivity index (χ0) is 17.5. The number of hydrogen-bond acceptors (Lipinski definition) is 5. The molecule has 6 heteroatoms. The van der Waals surface area contributed by atoms with Crippen molar-refractivity contribution in [3.05, 3.63) is 24.0 Å². The monoisotopic (exact) mass is 333 g/mol. The largest absolute Gasteiger partial charge is 0.444 e. The van der Waals surface area contributed by atoms with Gasteiger partial charge in [-0.15, -0.1) is 0 Å². The Kier molecular flexibility index (Phi) is 4.20. The van der Waals surface area contributed by atoms with Gasteiger partial charge in [-0.2, -0.15) is 0 Å². The van der Waals surface area contributed by atoms with Gasteiger partial charge in [0, 0.05) is 23.7 Å². The van der Waals surface area contributed by atoms with E-state index in [1.54, 1.807) is 12.4 Å². The second kappa shape index (κ2) is 5.92. The summed E-state index contributed by atoms with van der Waals surface area (Å²) in [5, 5.41) is 3.04. The van der Waals surface area contributed by atoms with E-state index in [-0.39, 0.29) is 29.8 Å². The van der Waals surface area contributed by atoms with Gasteiger partial charge in [0.2, 0.25) is 0 Å². The number of ether oxygens (including phenoxy) is 2. The molecule has 1 aromatic rings. The number of hydrogen-bond donors (Lipinski definition) is 2. The molecule has 2 fully saturated rings. The molecule has 1 saturated carbocycles. The van der Waals surface area contributed by atoms with Gasteiger partial charge in [-0.3, -0.25) is 4.98 Å². The first-order valence-electron chi connectivity index (χ1n) is 8.57. The molecule has 3 rings (SSSR count). The Balaban J connectivity index is 1.76. The fraction of sp³-hybridized carbons (Fsp3) is 0.667. The normalized spacial score (nSPS) is 28.4. The van der Waals surface area contributed by atoms with Crippen LogP contribution in [-0.2, 0) is 9.47 Å². The number of nitrogens with two attached hydrogens (primary N) is 1. The van der Waals surface area contributed by atoms with E-state index in [2.05, 4.69) is 17.2 Å². The highest BCUT2D eigenvalue weighted by atomic mass is 16.6. The number of amides is 1. The minimum Gasteiger partial charge on any atom is -0.444 e. The second-order valence-electron chi connectivity index (χ2n) is 7.95. The number of nitrogens with zero attached hydrogens (tertiary/aromatic N) is 1. The van der Waals surface area contributed by atoms with Crippen molar-refractivity contribution in [1.29, 1.82) is 0 Å². The first kappa shape index (κ1) is 17.0. The molecular weight excluding hydrogens is 306 g/mol. The lowest BCUT2D eigenvalue weighted by molar-refractivity contribution is -0.112. The molecule has 2 heterocycles. The molecular formula is C18H27N3O3. The molecule has 0 radical (unpaired) electrons. The Morgan fingerprint density at radius 2 is 2.17 bits per heavy atom. The van der Waals surface area contributed by atoms with E-state index < -0.39 is 5.60 Å². The minimum atomic E-state index is -0.509. The van der Waals surface area contributed by atoms with Crippen molar-refractivity contribution >= 4 is 11.8 Å². The molecule has 3 N–H and O–H groups in total. The van der Waals surface area contributed by atoms with E-state index in [0.717, 1.165) is 18.4 Å². The fourth-order valence-electron chi connectivity index (χ4n) is 3.48. The van der Waals surface area contributed by atoms with E-state index in [0.29, 0.717) is 12.1 Å². The van der Waals surface area contributed by atoms with Crippen LogP contribution in [0.4, 0.5) is 10.5 Å². The average molecular weight is 333 g/mol. The third-order valence-electron chi connectivity index (χ3n) is 4.96. The smallest absolute Gasteiger partial charge is 0.407 e. The van der Waals surface area contributed by atoms with Gasteiger partial charge in [0.25, 0.3) is 0 Å². The van der Waals surface area contributed by atoms with E-state index in [1.165, 1.54) is 0 Å². The number of alkyl carbamates (subject to hydrolysis) is 1. The van der Waals surface area contributed by atoms with Crippen LogP contribution in [0.5, 0.6) is 0 Å². The maximum absolute atomic E-state index is 12.2. The van der Waals surface area contributed by atoms with Crippen molar-refractivity contribution in [2.75, 3.05) is 5.73 Å².